The van der Waals surface area contributed by atoms with Crippen molar-refractivity contribution in [2.24, 2.45) is 11.5 Å². The van der Waals surface area contributed by atoms with Crippen LogP contribution in [0.15, 0.2) is 18.2 Å². The summed E-state index contributed by atoms with van der Waals surface area (Å²) in [6.07, 6.45) is 0.734. The van der Waals surface area contributed by atoms with Crippen LogP contribution in [0.4, 0.5) is 4.39 Å². The lowest BCUT2D eigenvalue weighted by atomic mass is 10.0. The fourth-order valence-corrected chi connectivity index (χ4v) is 1.36. The highest BCUT2D eigenvalue weighted by Gasteiger charge is 2.08. The summed E-state index contributed by atoms with van der Waals surface area (Å²) >= 11 is 0. The van der Waals surface area contributed by atoms with Gasteiger partial charge in [0.1, 0.15) is 5.82 Å². The van der Waals surface area contributed by atoms with E-state index in [1.807, 2.05) is 0 Å². The van der Waals surface area contributed by atoms with Crippen LogP contribution < -0.4 is 11.5 Å². The smallest absolute Gasteiger partial charge is 0.217 e. The van der Waals surface area contributed by atoms with Gasteiger partial charge in [-0.3, -0.25) is 4.79 Å². The van der Waals surface area contributed by atoms with E-state index in [-0.39, 0.29) is 24.2 Å². The molecule has 0 bridgehead atoms. The van der Waals surface area contributed by atoms with E-state index in [2.05, 4.69) is 0 Å². The molecule has 1 aromatic carbocycles. The molecule has 1 aromatic rings. The molecule has 1 atom stereocenters. The number of hydrogen-bond donors (Lipinski definition) is 2. The van der Waals surface area contributed by atoms with Gasteiger partial charge in [-0.15, -0.1) is 0 Å². The molecule has 0 spiro atoms. The van der Waals surface area contributed by atoms with Crippen LogP contribution in [0.2, 0.25) is 0 Å². The van der Waals surface area contributed by atoms with Crippen molar-refractivity contribution in [3.63, 3.8) is 0 Å². The van der Waals surface area contributed by atoms with Crippen LogP contribution in [0.5, 0.6) is 0 Å². The molecule has 0 aliphatic heterocycles. The van der Waals surface area contributed by atoms with Crippen LogP contribution in [0.1, 0.15) is 30.0 Å². The van der Waals surface area contributed by atoms with Crippen molar-refractivity contribution in [2.45, 2.75) is 25.8 Å². The third kappa shape index (κ3) is 3.32. The Bertz CT molecular complexity index is 366. The summed E-state index contributed by atoms with van der Waals surface area (Å²) in [4.78, 5) is 10.6. The number of nitrogens with two attached hydrogens (primary N) is 2. The lowest BCUT2D eigenvalue weighted by Crippen LogP contribution is -2.16. The molecule has 0 fully saturated rings. The summed E-state index contributed by atoms with van der Waals surface area (Å²) in [6, 6.07) is 4.45. The molecule has 1 amide bonds. The molecular weight excluding hydrogens is 195 g/mol. The number of rotatable bonds is 4. The zero-order valence-corrected chi connectivity index (χ0v) is 8.66. The predicted molar refractivity (Wildman–Crippen MR) is 56.5 cm³/mol. The van der Waals surface area contributed by atoms with E-state index in [9.17, 15) is 9.18 Å². The molecule has 0 heterocycles. The maximum absolute atomic E-state index is 13.0. The normalized spacial score (nSPS) is 12.5. The van der Waals surface area contributed by atoms with Gasteiger partial charge in [-0.1, -0.05) is 12.1 Å². The molecule has 1 unspecified atom stereocenters. The zero-order chi connectivity index (χ0) is 11.4. The van der Waals surface area contributed by atoms with E-state index in [1.54, 1.807) is 19.1 Å². The van der Waals surface area contributed by atoms with Crippen molar-refractivity contribution in [2.75, 3.05) is 0 Å². The van der Waals surface area contributed by atoms with Gasteiger partial charge in [0.25, 0.3) is 0 Å². The monoisotopic (exact) mass is 210 g/mol. The zero-order valence-electron chi connectivity index (χ0n) is 8.66. The van der Waals surface area contributed by atoms with E-state index < -0.39 is 0 Å². The number of benzene rings is 1. The number of aryl methyl sites for hydroxylation is 1. The molecule has 3 nitrogen and oxygen atoms in total. The Balaban J connectivity index is 2.69. The molecule has 4 N–H and O–H groups in total. The molecule has 0 saturated carbocycles. The van der Waals surface area contributed by atoms with Crippen LogP contribution in [0, 0.1) is 12.7 Å². The Kier molecular flexibility index (Phi) is 3.80. The molecule has 0 aliphatic carbocycles. The topological polar surface area (TPSA) is 69.1 Å². The number of carbonyl (C=O) groups is 1. The quantitative estimate of drug-likeness (QED) is 0.788. The summed E-state index contributed by atoms with van der Waals surface area (Å²) in [5.41, 5.74) is 12.2. The van der Waals surface area contributed by atoms with Gasteiger partial charge in [-0.2, -0.15) is 0 Å². The van der Waals surface area contributed by atoms with E-state index in [1.165, 1.54) is 6.07 Å². The van der Waals surface area contributed by atoms with Crippen molar-refractivity contribution < 1.29 is 9.18 Å². The maximum Gasteiger partial charge on any atom is 0.217 e. The third-order valence-corrected chi connectivity index (χ3v) is 2.31. The maximum atomic E-state index is 13.0. The van der Waals surface area contributed by atoms with Gasteiger partial charge in [0.2, 0.25) is 5.91 Å². The molecular formula is C11H15FN2O. The first kappa shape index (κ1) is 11.7. The average molecular weight is 210 g/mol. The van der Waals surface area contributed by atoms with E-state index >= 15 is 0 Å². The minimum atomic E-state index is -0.371. The van der Waals surface area contributed by atoms with Crippen molar-refractivity contribution in [3.8, 4) is 0 Å². The first-order chi connectivity index (χ1) is 7.00. The van der Waals surface area contributed by atoms with Gasteiger partial charge in [0.15, 0.2) is 0 Å². The number of carbonyl (C=O) groups excluding carboxylic acids is 1. The second-order valence-corrected chi connectivity index (χ2v) is 3.62. The minimum Gasteiger partial charge on any atom is -0.370 e. The number of hydrogen-bond acceptors (Lipinski definition) is 2. The molecule has 82 valence electrons. The SMILES string of the molecule is Cc1cc(C(N)CCC(N)=O)ccc1F. The lowest BCUT2D eigenvalue weighted by Gasteiger charge is -2.11. The highest BCUT2D eigenvalue weighted by atomic mass is 19.1. The predicted octanol–water partition coefficient (Wildman–Crippen LogP) is 1.40. The summed E-state index contributed by atoms with van der Waals surface area (Å²) < 4.78 is 13.0. The molecule has 4 heteroatoms. The van der Waals surface area contributed by atoms with E-state index in [0.717, 1.165) is 5.56 Å². The van der Waals surface area contributed by atoms with Gasteiger partial charge >= 0.3 is 0 Å². The lowest BCUT2D eigenvalue weighted by molar-refractivity contribution is -0.118. The van der Waals surface area contributed by atoms with E-state index in [0.29, 0.717) is 12.0 Å². The molecule has 0 aromatic heterocycles. The highest BCUT2D eigenvalue weighted by Crippen LogP contribution is 2.18. The molecule has 1 rings (SSSR count). The van der Waals surface area contributed by atoms with Gasteiger partial charge in [-0.25, -0.2) is 4.39 Å². The molecule has 0 radical (unpaired) electrons. The average Bonchev–Trinajstić information content (AvgIpc) is 2.18. The first-order valence-electron chi connectivity index (χ1n) is 4.80. The fourth-order valence-electron chi connectivity index (χ4n) is 1.36. The Morgan fingerprint density at radius 2 is 2.20 bits per heavy atom. The molecule has 15 heavy (non-hydrogen) atoms. The van der Waals surface area contributed by atoms with Gasteiger partial charge < -0.3 is 11.5 Å². The third-order valence-electron chi connectivity index (χ3n) is 2.31. The first-order valence-corrected chi connectivity index (χ1v) is 4.80. The second-order valence-electron chi connectivity index (χ2n) is 3.62. The van der Waals surface area contributed by atoms with Crippen LogP contribution in [0.3, 0.4) is 0 Å². The van der Waals surface area contributed by atoms with Gasteiger partial charge in [0.05, 0.1) is 0 Å². The Labute approximate surface area is 88.3 Å². The largest absolute Gasteiger partial charge is 0.370 e. The van der Waals surface area contributed by atoms with Gasteiger partial charge in [0, 0.05) is 12.5 Å². The van der Waals surface area contributed by atoms with Crippen LogP contribution in [0.25, 0.3) is 0 Å². The van der Waals surface area contributed by atoms with Crippen molar-refractivity contribution in [1.29, 1.82) is 0 Å². The highest BCUT2D eigenvalue weighted by molar-refractivity contribution is 5.73. The van der Waals surface area contributed by atoms with E-state index in [4.69, 9.17) is 11.5 Å². The van der Waals surface area contributed by atoms with Crippen LogP contribution in [-0.2, 0) is 4.79 Å². The van der Waals surface area contributed by atoms with Crippen LogP contribution in [-0.4, -0.2) is 5.91 Å². The minimum absolute atomic E-state index is 0.248. The molecule has 0 saturated heterocycles. The second kappa shape index (κ2) is 4.89. The summed E-state index contributed by atoms with van der Waals surface area (Å²) in [6.45, 7) is 1.68. The summed E-state index contributed by atoms with van der Waals surface area (Å²) in [7, 11) is 0. The Morgan fingerprint density at radius 1 is 1.53 bits per heavy atom. The summed E-state index contributed by atoms with van der Waals surface area (Å²) in [5, 5.41) is 0. The number of halogens is 1. The number of amides is 1. The Hall–Kier alpha value is -1.42. The Morgan fingerprint density at radius 3 is 2.73 bits per heavy atom. The molecule has 0 aliphatic rings. The standard InChI is InChI=1S/C11H15FN2O/c1-7-6-8(2-3-9(7)12)10(13)4-5-11(14)15/h2-3,6,10H,4-5,13H2,1H3,(H2,14,15). The fraction of sp³-hybridized carbons (Fsp3) is 0.364. The van der Waals surface area contributed by atoms with Crippen molar-refractivity contribution in [3.05, 3.63) is 35.1 Å². The number of primary amides is 1. The van der Waals surface area contributed by atoms with Crippen LogP contribution >= 0.6 is 0 Å². The van der Waals surface area contributed by atoms with Gasteiger partial charge in [-0.05, 0) is 30.5 Å². The van der Waals surface area contributed by atoms with Crippen molar-refractivity contribution in [1.82, 2.24) is 0 Å². The summed E-state index contributed by atoms with van der Waals surface area (Å²) in [5.74, 6) is -0.620. The van der Waals surface area contributed by atoms with Crippen molar-refractivity contribution >= 4 is 5.91 Å².